The Bertz CT molecular complexity index is 1120. The molecular formula is C21H20N4O5. The minimum atomic E-state index is -0.238. The van der Waals surface area contributed by atoms with Gasteiger partial charge < -0.3 is 29.0 Å². The Morgan fingerprint density at radius 2 is 1.77 bits per heavy atom. The zero-order valence-electron chi connectivity index (χ0n) is 16.7. The van der Waals surface area contributed by atoms with Gasteiger partial charge in [-0.1, -0.05) is 0 Å². The van der Waals surface area contributed by atoms with Gasteiger partial charge in [-0.2, -0.15) is 10.1 Å². The fourth-order valence-corrected chi connectivity index (χ4v) is 3.68. The number of aromatic nitrogens is 3. The van der Waals surface area contributed by atoms with Crippen LogP contribution in [0.5, 0.6) is 28.7 Å². The fourth-order valence-electron chi connectivity index (χ4n) is 3.68. The van der Waals surface area contributed by atoms with E-state index in [1.165, 1.54) is 6.33 Å². The average molecular weight is 408 g/mol. The summed E-state index contributed by atoms with van der Waals surface area (Å²) in [6.45, 7) is 0.230. The molecule has 154 valence electrons. The first kappa shape index (κ1) is 18.2. The molecule has 2 aromatic carbocycles. The standard InChI is InChI=1S/C21H20N4O5/c1-26-18-7-13(8-19(27-2)20(18)28-3)15-9-14(24-21-22-10-23-25(15)21)12-4-5-16-17(6-12)30-11-29-16/h4-10,15H,11H2,1-3H3,(H,22,23,24)/t15-/m0/s1. The SMILES string of the molecule is COc1cc([C@@H]2C=C(c3ccc4c(c3)OCO4)Nc3ncnn32)cc(OC)c1OC. The topological polar surface area (TPSA) is 88.9 Å². The fraction of sp³-hybridized carbons (Fsp3) is 0.238. The number of fused-ring (bicyclic) bond motifs is 2. The van der Waals surface area contributed by atoms with Gasteiger partial charge in [0.05, 0.1) is 21.3 Å². The van der Waals surface area contributed by atoms with E-state index in [4.69, 9.17) is 23.7 Å². The highest BCUT2D eigenvalue weighted by atomic mass is 16.7. The molecule has 1 N–H and O–H groups in total. The van der Waals surface area contributed by atoms with Gasteiger partial charge in [-0.3, -0.25) is 0 Å². The molecule has 30 heavy (non-hydrogen) atoms. The highest BCUT2D eigenvalue weighted by molar-refractivity contribution is 5.78. The molecule has 3 aromatic rings. The van der Waals surface area contributed by atoms with Gasteiger partial charge in [0, 0.05) is 11.3 Å². The molecule has 0 unspecified atom stereocenters. The van der Waals surface area contributed by atoms with Crippen LogP contribution in [0.15, 0.2) is 42.7 Å². The van der Waals surface area contributed by atoms with Crippen LogP contribution in [0.25, 0.3) is 5.70 Å². The lowest BCUT2D eigenvalue weighted by Gasteiger charge is -2.25. The van der Waals surface area contributed by atoms with E-state index in [2.05, 4.69) is 21.5 Å². The van der Waals surface area contributed by atoms with Gasteiger partial charge in [0.2, 0.25) is 18.5 Å². The number of hydrogen-bond donors (Lipinski definition) is 1. The van der Waals surface area contributed by atoms with Gasteiger partial charge in [0.25, 0.3) is 0 Å². The summed E-state index contributed by atoms with van der Waals surface area (Å²) in [6.07, 6.45) is 3.59. The van der Waals surface area contributed by atoms with Crippen molar-refractivity contribution in [2.75, 3.05) is 33.4 Å². The first-order valence-corrected chi connectivity index (χ1v) is 9.30. The maximum absolute atomic E-state index is 5.52. The first-order chi connectivity index (χ1) is 14.7. The summed E-state index contributed by atoms with van der Waals surface area (Å²) in [6, 6.07) is 9.41. The van der Waals surface area contributed by atoms with Crippen molar-refractivity contribution in [2.45, 2.75) is 6.04 Å². The molecule has 0 saturated heterocycles. The van der Waals surface area contributed by atoms with Crippen molar-refractivity contribution in [3.05, 3.63) is 53.9 Å². The molecule has 1 atom stereocenters. The molecule has 2 aliphatic rings. The lowest BCUT2D eigenvalue weighted by Crippen LogP contribution is -2.20. The van der Waals surface area contributed by atoms with Crippen LogP contribution in [0.4, 0.5) is 5.95 Å². The summed E-state index contributed by atoms with van der Waals surface area (Å²) in [5.74, 6) is 3.77. The van der Waals surface area contributed by atoms with Gasteiger partial charge in [-0.05, 0) is 42.0 Å². The molecule has 9 nitrogen and oxygen atoms in total. The minimum Gasteiger partial charge on any atom is -0.493 e. The molecule has 5 rings (SSSR count). The van der Waals surface area contributed by atoms with Crippen LogP contribution >= 0.6 is 0 Å². The van der Waals surface area contributed by atoms with Crippen LogP contribution in [-0.4, -0.2) is 42.9 Å². The average Bonchev–Trinajstić information content (AvgIpc) is 3.45. The minimum absolute atomic E-state index is 0.230. The largest absolute Gasteiger partial charge is 0.493 e. The summed E-state index contributed by atoms with van der Waals surface area (Å²) in [5, 5.41) is 7.73. The molecular weight excluding hydrogens is 388 g/mol. The zero-order valence-corrected chi connectivity index (χ0v) is 16.7. The third-order valence-corrected chi connectivity index (χ3v) is 5.12. The maximum Gasteiger partial charge on any atom is 0.231 e. The van der Waals surface area contributed by atoms with Crippen LogP contribution < -0.4 is 29.0 Å². The predicted molar refractivity (Wildman–Crippen MR) is 108 cm³/mol. The van der Waals surface area contributed by atoms with Crippen molar-refractivity contribution in [3.63, 3.8) is 0 Å². The second kappa shape index (κ2) is 7.18. The number of rotatable bonds is 5. The normalized spacial score (nSPS) is 16.4. The number of anilines is 1. The number of methoxy groups -OCH3 is 3. The molecule has 0 amide bonds. The number of nitrogens with one attached hydrogen (secondary N) is 1. The zero-order chi connectivity index (χ0) is 20.7. The van der Waals surface area contributed by atoms with Crippen LogP contribution in [0.2, 0.25) is 0 Å². The summed E-state index contributed by atoms with van der Waals surface area (Å²) in [4.78, 5) is 4.36. The van der Waals surface area contributed by atoms with Crippen LogP contribution in [0.1, 0.15) is 17.2 Å². The van der Waals surface area contributed by atoms with Gasteiger partial charge in [0.15, 0.2) is 23.0 Å². The van der Waals surface area contributed by atoms with E-state index in [1.54, 1.807) is 26.0 Å². The summed E-state index contributed by atoms with van der Waals surface area (Å²) < 4.78 is 29.2. The monoisotopic (exact) mass is 408 g/mol. The Morgan fingerprint density at radius 3 is 2.50 bits per heavy atom. The summed E-state index contributed by atoms with van der Waals surface area (Å²) in [5.41, 5.74) is 2.74. The van der Waals surface area contributed by atoms with Gasteiger partial charge in [0.1, 0.15) is 12.4 Å². The van der Waals surface area contributed by atoms with E-state index in [-0.39, 0.29) is 12.8 Å². The molecule has 0 radical (unpaired) electrons. The molecule has 9 heteroatoms. The summed E-state index contributed by atoms with van der Waals surface area (Å²) in [7, 11) is 4.77. The van der Waals surface area contributed by atoms with E-state index < -0.39 is 0 Å². The lowest BCUT2D eigenvalue weighted by molar-refractivity contribution is 0.174. The summed E-state index contributed by atoms with van der Waals surface area (Å²) >= 11 is 0. The lowest BCUT2D eigenvalue weighted by atomic mass is 10.0. The Morgan fingerprint density at radius 1 is 1.00 bits per heavy atom. The smallest absolute Gasteiger partial charge is 0.231 e. The number of nitrogens with zero attached hydrogens (tertiary/aromatic N) is 3. The van der Waals surface area contributed by atoms with Crippen molar-refractivity contribution < 1.29 is 23.7 Å². The molecule has 0 fully saturated rings. The molecule has 0 saturated carbocycles. The van der Waals surface area contributed by atoms with E-state index in [0.29, 0.717) is 28.9 Å². The molecule has 0 aliphatic carbocycles. The molecule has 3 heterocycles. The molecule has 2 aliphatic heterocycles. The molecule has 1 aromatic heterocycles. The Hall–Kier alpha value is -3.88. The van der Waals surface area contributed by atoms with Crippen LogP contribution in [0.3, 0.4) is 0 Å². The van der Waals surface area contributed by atoms with Crippen molar-refractivity contribution in [1.82, 2.24) is 14.8 Å². The predicted octanol–water partition coefficient (Wildman–Crippen LogP) is 3.09. The van der Waals surface area contributed by atoms with Crippen LogP contribution in [-0.2, 0) is 0 Å². The second-order valence-corrected chi connectivity index (χ2v) is 6.71. The van der Waals surface area contributed by atoms with Gasteiger partial charge >= 0.3 is 0 Å². The number of ether oxygens (including phenoxy) is 5. The third kappa shape index (κ3) is 2.86. The molecule has 0 bridgehead atoms. The Labute approximate surface area is 172 Å². The number of allylic oxidation sites excluding steroid dienone is 1. The quantitative estimate of drug-likeness (QED) is 0.689. The van der Waals surface area contributed by atoms with Gasteiger partial charge in [-0.25, -0.2) is 4.68 Å². The van der Waals surface area contributed by atoms with E-state index >= 15 is 0 Å². The van der Waals surface area contributed by atoms with E-state index in [1.807, 2.05) is 30.3 Å². The van der Waals surface area contributed by atoms with E-state index in [0.717, 1.165) is 22.6 Å². The van der Waals surface area contributed by atoms with Crippen molar-refractivity contribution >= 4 is 11.6 Å². The number of hydrogen-bond acceptors (Lipinski definition) is 8. The number of benzene rings is 2. The maximum atomic E-state index is 5.52. The van der Waals surface area contributed by atoms with Crippen molar-refractivity contribution in [2.24, 2.45) is 0 Å². The highest BCUT2D eigenvalue weighted by Gasteiger charge is 2.27. The first-order valence-electron chi connectivity index (χ1n) is 9.30. The third-order valence-electron chi connectivity index (χ3n) is 5.12. The van der Waals surface area contributed by atoms with Gasteiger partial charge in [-0.15, -0.1) is 0 Å². The second-order valence-electron chi connectivity index (χ2n) is 6.71. The Kier molecular flexibility index (Phi) is 4.35. The van der Waals surface area contributed by atoms with Crippen LogP contribution in [0, 0.1) is 0 Å². The van der Waals surface area contributed by atoms with E-state index in [9.17, 15) is 0 Å². The molecule has 0 spiro atoms. The highest BCUT2D eigenvalue weighted by Crippen LogP contribution is 2.43. The Balaban J connectivity index is 1.62. The van der Waals surface area contributed by atoms with Crippen molar-refractivity contribution in [3.8, 4) is 28.7 Å². The van der Waals surface area contributed by atoms with Crippen molar-refractivity contribution in [1.29, 1.82) is 0 Å².